The van der Waals surface area contributed by atoms with Crippen molar-refractivity contribution >= 4 is 23.2 Å². The molecule has 0 N–H and O–H groups in total. The van der Waals surface area contributed by atoms with Gasteiger partial charge in [0.1, 0.15) is 11.6 Å². The third-order valence-electron chi connectivity index (χ3n) is 2.95. The van der Waals surface area contributed by atoms with Crippen LogP contribution in [0.15, 0.2) is 36.4 Å². The Morgan fingerprint density at radius 3 is 2.29 bits per heavy atom. The Morgan fingerprint density at radius 2 is 1.71 bits per heavy atom. The molecule has 0 aromatic heterocycles. The van der Waals surface area contributed by atoms with E-state index >= 15 is 0 Å². The summed E-state index contributed by atoms with van der Waals surface area (Å²) in [4.78, 5) is 0. The summed E-state index contributed by atoms with van der Waals surface area (Å²) in [5.74, 6) is -0.368. The highest BCUT2D eigenvalue weighted by Crippen LogP contribution is 2.35. The molecule has 0 bridgehead atoms. The van der Waals surface area contributed by atoms with E-state index in [-0.39, 0.29) is 10.8 Å². The summed E-state index contributed by atoms with van der Waals surface area (Å²) in [6.45, 7) is -1.27. The summed E-state index contributed by atoms with van der Waals surface area (Å²) in [5, 5.41) is -0.400. The van der Waals surface area contributed by atoms with Crippen LogP contribution in [0.2, 0.25) is 5.02 Å². The molecule has 0 saturated carbocycles. The standard InChI is InChI=1S/C15H11Cl2F3O/c1-8-6-11(12(16)7-13(8)18)14(17)9-2-4-10(5-3-9)21-15(19)20/h2-7,14-15H,1H3. The molecule has 0 heterocycles. The SMILES string of the molecule is Cc1cc(C(Cl)c2ccc(OC(F)F)cc2)c(Cl)cc1F. The molecular weight excluding hydrogens is 324 g/mol. The van der Waals surface area contributed by atoms with E-state index in [4.69, 9.17) is 23.2 Å². The Balaban J connectivity index is 2.27. The van der Waals surface area contributed by atoms with Gasteiger partial charge in [-0.3, -0.25) is 0 Å². The van der Waals surface area contributed by atoms with Crippen LogP contribution < -0.4 is 4.74 Å². The van der Waals surface area contributed by atoms with Crippen LogP contribution in [0.5, 0.6) is 5.75 Å². The molecule has 21 heavy (non-hydrogen) atoms. The number of hydrogen-bond donors (Lipinski definition) is 0. The monoisotopic (exact) mass is 334 g/mol. The van der Waals surface area contributed by atoms with Crippen molar-refractivity contribution in [2.24, 2.45) is 0 Å². The maximum atomic E-state index is 13.4. The lowest BCUT2D eigenvalue weighted by atomic mass is 10.0. The van der Waals surface area contributed by atoms with Crippen LogP contribution in [-0.2, 0) is 0 Å². The van der Waals surface area contributed by atoms with Gasteiger partial charge in [0, 0.05) is 5.02 Å². The minimum absolute atomic E-state index is 0.0407. The molecule has 0 amide bonds. The van der Waals surface area contributed by atoms with Crippen LogP contribution in [0.25, 0.3) is 0 Å². The number of benzene rings is 2. The summed E-state index contributed by atoms with van der Waals surface area (Å²) in [5.41, 5.74) is 1.63. The first-order chi connectivity index (χ1) is 9.88. The quantitative estimate of drug-likeness (QED) is 0.650. The van der Waals surface area contributed by atoms with Crippen molar-refractivity contribution in [3.8, 4) is 5.75 Å². The molecule has 0 spiro atoms. The third kappa shape index (κ3) is 3.83. The van der Waals surface area contributed by atoms with E-state index in [1.54, 1.807) is 25.1 Å². The molecule has 0 saturated heterocycles. The van der Waals surface area contributed by atoms with Crippen LogP contribution in [0.3, 0.4) is 0 Å². The van der Waals surface area contributed by atoms with Crippen molar-refractivity contribution in [1.29, 1.82) is 0 Å². The van der Waals surface area contributed by atoms with E-state index in [2.05, 4.69) is 4.74 Å². The summed E-state index contributed by atoms with van der Waals surface area (Å²) >= 11 is 12.3. The molecule has 0 fully saturated rings. The molecule has 0 radical (unpaired) electrons. The Hall–Kier alpha value is -1.39. The number of ether oxygens (including phenoxy) is 1. The fraction of sp³-hybridized carbons (Fsp3) is 0.200. The lowest BCUT2D eigenvalue weighted by Gasteiger charge is -2.14. The second kappa shape index (κ2) is 6.58. The lowest BCUT2D eigenvalue weighted by molar-refractivity contribution is -0.0498. The number of hydrogen-bond acceptors (Lipinski definition) is 1. The Kier molecular flexibility index (Phi) is 5.01. The van der Waals surface area contributed by atoms with Gasteiger partial charge in [-0.2, -0.15) is 8.78 Å². The average molecular weight is 335 g/mol. The first-order valence-electron chi connectivity index (χ1n) is 6.03. The van der Waals surface area contributed by atoms with Crippen molar-refractivity contribution in [3.05, 3.63) is 63.9 Å². The van der Waals surface area contributed by atoms with Gasteiger partial charge in [-0.25, -0.2) is 4.39 Å². The fourth-order valence-corrected chi connectivity index (χ4v) is 2.51. The molecule has 2 rings (SSSR count). The van der Waals surface area contributed by atoms with Crippen molar-refractivity contribution in [3.63, 3.8) is 0 Å². The highest BCUT2D eigenvalue weighted by atomic mass is 35.5. The predicted molar refractivity (Wildman–Crippen MR) is 76.9 cm³/mol. The molecule has 0 aliphatic carbocycles. The van der Waals surface area contributed by atoms with Gasteiger partial charge in [0.25, 0.3) is 0 Å². The Labute approximate surface area is 130 Å². The van der Waals surface area contributed by atoms with E-state index in [0.717, 1.165) is 0 Å². The van der Waals surface area contributed by atoms with E-state index in [1.165, 1.54) is 18.2 Å². The highest BCUT2D eigenvalue weighted by molar-refractivity contribution is 6.33. The van der Waals surface area contributed by atoms with Crippen molar-refractivity contribution < 1.29 is 17.9 Å². The van der Waals surface area contributed by atoms with Gasteiger partial charge in [0.05, 0.1) is 5.38 Å². The Morgan fingerprint density at radius 1 is 1.10 bits per heavy atom. The first-order valence-corrected chi connectivity index (χ1v) is 6.84. The molecule has 6 heteroatoms. The van der Waals surface area contributed by atoms with Gasteiger partial charge in [-0.1, -0.05) is 23.7 Å². The van der Waals surface area contributed by atoms with Crippen LogP contribution in [0.1, 0.15) is 22.1 Å². The molecule has 0 aliphatic heterocycles. The van der Waals surface area contributed by atoms with Crippen molar-refractivity contribution in [1.82, 2.24) is 0 Å². The van der Waals surface area contributed by atoms with Crippen LogP contribution in [0, 0.1) is 12.7 Å². The lowest BCUT2D eigenvalue weighted by Crippen LogP contribution is -2.02. The van der Waals surface area contributed by atoms with Crippen molar-refractivity contribution in [2.75, 3.05) is 0 Å². The number of halogens is 5. The van der Waals surface area contributed by atoms with Gasteiger partial charge in [-0.05, 0) is 47.9 Å². The number of rotatable bonds is 4. The summed E-state index contributed by atoms with van der Waals surface area (Å²) in [6.07, 6.45) is 0. The third-order valence-corrected chi connectivity index (χ3v) is 3.76. The zero-order chi connectivity index (χ0) is 15.6. The molecular formula is C15H11Cl2F3O. The maximum Gasteiger partial charge on any atom is 0.387 e. The predicted octanol–water partition coefficient (Wildman–Crippen LogP) is 5.72. The van der Waals surface area contributed by atoms with E-state index in [0.29, 0.717) is 16.7 Å². The minimum atomic E-state index is -2.88. The smallest absolute Gasteiger partial charge is 0.387 e. The van der Waals surface area contributed by atoms with E-state index < -0.39 is 17.8 Å². The molecule has 1 nitrogen and oxygen atoms in total. The van der Waals surface area contributed by atoms with Gasteiger partial charge >= 0.3 is 6.61 Å². The van der Waals surface area contributed by atoms with E-state index in [9.17, 15) is 13.2 Å². The van der Waals surface area contributed by atoms with E-state index in [1.807, 2.05) is 0 Å². The van der Waals surface area contributed by atoms with Gasteiger partial charge in [0.2, 0.25) is 0 Å². The topological polar surface area (TPSA) is 9.23 Å². The van der Waals surface area contributed by atoms with Crippen LogP contribution in [0.4, 0.5) is 13.2 Å². The molecule has 1 unspecified atom stereocenters. The van der Waals surface area contributed by atoms with Crippen LogP contribution >= 0.6 is 23.2 Å². The highest BCUT2D eigenvalue weighted by Gasteiger charge is 2.16. The molecule has 2 aromatic carbocycles. The van der Waals surface area contributed by atoms with Crippen molar-refractivity contribution in [2.45, 2.75) is 18.9 Å². The first kappa shape index (κ1) is 16.0. The van der Waals surface area contributed by atoms with Crippen LogP contribution in [-0.4, -0.2) is 6.61 Å². The molecule has 2 aromatic rings. The summed E-state index contributed by atoms with van der Waals surface area (Å²) in [6, 6.07) is 8.67. The normalized spacial score (nSPS) is 12.5. The maximum absolute atomic E-state index is 13.4. The van der Waals surface area contributed by atoms with Gasteiger partial charge < -0.3 is 4.74 Å². The number of alkyl halides is 3. The summed E-state index contributed by atoms with van der Waals surface area (Å²) < 4.78 is 41.8. The minimum Gasteiger partial charge on any atom is -0.435 e. The molecule has 0 aliphatic rings. The molecule has 1 atom stereocenters. The zero-order valence-electron chi connectivity index (χ0n) is 10.9. The second-order valence-corrected chi connectivity index (χ2v) is 5.28. The number of aryl methyl sites for hydroxylation is 1. The summed E-state index contributed by atoms with van der Waals surface area (Å²) in [7, 11) is 0. The fourth-order valence-electron chi connectivity index (χ4n) is 1.87. The second-order valence-electron chi connectivity index (χ2n) is 4.43. The molecule has 112 valence electrons. The largest absolute Gasteiger partial charge is 0.435 e. The zero-order valence-corrected chi connectivity index (χ0v) is 12.4. The van der Waals surface area contributed by atoms with Gasteiger partial charge in [-0.15, -0.1) is 11.6 Å². The average Bonchev–Trinajstić information content (AvgIpc) is 2.42. The van der Waals surface area contributed by atoms with Gasteiger partial charge in [0.15, 0.2) is 0 Å². The Bertz CT molecular complexity index is 630.